The molecule has 0 unspecified atom stereocenters. The number of rotatable bonds is 2. The van der Waals surface area contributed by atoms with Gasteiger partial charge in [-0.1, -0.05) is 0 Å². The van der Waals surface area contributed by atoms with E-state index in [1.165, 1.54) is 0 Å². The van der Waals surface area contributed by atoms with Gasteiger partial charge in [0.1, 0.15) is 0 Å². The zero-order valence-corrected chi connectivity index (χ0v) is 8.91. The van der Waals surface area contributed by atoms with Crippen LogP contribution >= 0.6 is 0 Å². The summed E-state index contributed by atoms with van der Waals surface area (Å²) in [4.78, 5) is 10.5. The Morgan fingerprint density at radius 1 is 1.33 bits per heavy atom. The fourth-order valence-electron chi connectivity index (χ4n) is 0.759. The van der Waals surface area contributed by atoms with Gasteiger partial charge in [0.2, 0.25) is 0 Å². The summed E-state index contributed by atoms with van der Waals surface area (Å²) in [7, 11) is 0. The summed E-state index contributed by atoms with van der Waals surface area (Å²) in [6.07, 6.45) is 0. The van der Waals surface area contributed by atoms with E-state index in [0.29, 0.717) is 34.5 Å². The third kappa shape index (κ3) is 4.51. The van der Waals surface area contributed by atoms with Gasteiger partial charge in [0.15, 0.2) is 0 Å². The second kappa shape index (κ2) is 6.20. The maximum absolute atomic E-state index is 10.5. The van der Waals surface area contributed by atoms with Crippen molar-refractivity contribution >= 4 is 31.1 Å². The molecule has 0 aliphatic rings. The quantitative estimate of drug-likeness (QED) is 0.621. The first kappa shape index (κ1) is 11.6. The number of ether oxygens (including phenoxy) is 1. The van der Waals surface area contributed by atoms with Crippen molar-refractivity contribution in [1.29, 1.82) is 0 Å². The molecule has 0 saturated heterocycles. The molecule has 1 rings (SSSR count). The van der Waals surface area contributed by atoms with Gasteiger partial charge in [-0.25, -0.2) is 0 Å². The van der Waals surface area contributed by atoms with Crippen molar-refractivity contribution in [3.05, 3.63) is 35.9 Å². The van der Waals surface area contributed by atoms with Crippen molar-refractivity contribution < 1.29 is 15.0 Å². The molecule has 3 nitrogen and oxygen atoms in total. The summed E-state index contributed by atoms with van der Waals surface area (Å²) >= 11 is 0.469. The molecule has 0 spiro atoms. The van der Waals surface area contributed by atoms with Crippen molar-refractivity contribution in [1.82, 2.24) is 0 Å². The second-order valence-corrected chi connectivity index (χ2v) is 3.08. The molecule has 1 aromatic carbocycles. The van der Waals surface area contributed by atoms with E-state index in [4.69, 9.17) is 4.74 Å². The van der Waals surface area contributed by atoms with Crippen LogP contribution in [-0.2, 0) is 11.3 Å². The third-order valence-electron chi connectivity index (χ3n) is 1.28. The molecule has 2 N–H and O–H groups in total. The maximum atomic E-state index is 10.5. The molecule has 0 amide bonds. The Balaban J connectivity index is 0.00000121. The van der Waals surface area contributed by atoms with Crippen molar-refractivity contribution in [3.8, 4) is 0 Å². The molecule has 0 saturated carbocycles. The first-order valence-electron chi connectivity index (χ1n) is 3.46. The van der Waals surface area contributed by atoms with Crippen molar-refractivity contribution in [2.45, 2.75) is 6.61 Å². The second-order valence-electron chi connectivity index (χ2n) is 2.27. The summed E-state index contributed by atoms with van der Waals surface area (Å²) in [5.74, 6) is 0. The zero-order chi connectivity index (χ0) is 8.10. The average molecular weight is 176 g/mol. The van der Waals surface area contributed by atoms with Crippen LogP contribution in [-0.4, -0.2) is 36.6 Å². The van der Waals surface area contributed by atoms with E-state index < -0.39 is 0 Å². The Kier molecular flexibility index (Phi) is 6.02. The van der Waals surface area contributed by atoms with Crippen LogP contribution in [0.3, 0.4) is 0 Å². The van der Waals surface area contributed by atoms with E-state index in [9.17, 15) is 4.79 Å². The minimum absolute atomic E-state index is 0. The molecule has 4 heteroatoms. The van der Waals surface area contributed by atoms with Gasteiger partial charge in [0, 0.05) is 0 Å². The van der Waals surface area contributed by atoms with E-state index in [0.717, 1.165) is 5.56 Å². The summed E-state index contributed by atoms with van der Waals surface area (Å²) in [5.41, 5.74) is 1.04. The molecule has 0 aliphatic carbocycles. The summed E-state index contributed by atoms with van der Waals surface area (Å²) < 4.78 is 4.75. The minimum atomic E-state index is -0.103. The molecule has 0 atom stereocenters. The van der Waals surface area contributed by atoms with Crippen LogP contribution < -0.4 is 0 Å². The molecule has 0 aromatic heterocycles. The fraction of sp³-hybridized carbons (Fsp3) is 0.125. The molecule has 60 valence electrons. The van der Waals surface area contributed by atoms with Gasteiger partial charge in [-0.3, -0.25) is 0 Å². The fourth-order valence-corrected chi connectivity index (χ4v) is 0.904. The SMILES string of the molecule is O.O=[C]([Na])OCc1ccccc1. The number of carbonyl (C=O) groups excluding carboxylic acids is 1. The first-order valence-corrected chi connectivity index (χ1v) is 4.46. The topological polar surface area (TPSA) is 57.8 Å². The predicted octanol–water partition coefficient (Wildman–Crippen LogP) is 0.667. The van der Waals surface area contributed by atoms with Gasteiger partial charge < -0.3 is 5.48 Å². The molecule has 0 heterocycles. The molecular formula is C8H9NaO3. The van der Waals surface area contributed by atoms with Crippen LogP contribution in [0.1, 0.15) is 5.56 Å². The molecule has 0 bridgehead atoms. The summed E-state index contributed by atoms with van der Waals surface area (Å²) in [5, 5.41) is 0. The summed E-state index contributed by atoms with van der Waals surface area (Å²) in [6.45, 7) is 0.406. The third-order valence-corrected chi connectivity index (χ3v) is 1.57. The Hall–Kier alpha value is -0.350. The normalized spacial score (nSPS) is 8.50. The molecule has 0 aliphatic heterocycles. The van der Waals surface area contributed by atoms with Crippen LogP contribution in [0.5, 0.6) is 0 Å². The summed E-state index contributed by atoms with van der Waals surface area (Å²) in [6, 6.07) is 9.66. The molecular weight excluding hydrogens is 167 g/mol. The van der Waals surface area contributed by atoms with Crippen molar-refractivity contribution in [2.75, 3.05) is 0 Å². The van der Waals surface area contributed by atoms with E-state index in [2.05, 4.69) is 0 Å². The van der Waals surface area contributed by atoms with Gasteiger partial charge >= 0.3 is 83.2 Å². The van der Waals surface area contributed by atoms with Crippen LogP contribution in [0.4, 0.5) is 4.79 Å². The average Bonchev–Trinajstić information content (AvgIpc) is 2.03. The van der Waals surface area contributed by atoms with Gasteiger partial charge in [0.25, 0.3) is 0 Å². The van der Waals surface area contributed by atoms with Gasteiger partial charge in [0.05, 0.1) is 0 Å². The van der Waals surface area contributed by atoms with Crippen LogP contribution in [0.15, 0.2) is 30.3 Å². The van der Waals surface area contributed by atoms with Crippen LogP contribution in [0.25, 0.3) is 0 Å². The Morgan fingerprint density at radius 2 is 1.92 bits per heavy atom. The Morgan fingerprint density at radius 3 is 2.42 bits per heavy atom. The monoisotopic (exact) mass is 176 g/mol. The standard InChI is InChI=1S/C8H7O2.Na.H2O/c9-7-10-6-8-4-2-1-3-5-8;;/h1-5H,6H2;;1H2. The molecule has 12 heavy (non-hydrogen) atoms. The van der Waals surface area contributed by atoms with E-state index in [-0.39, 0.29) is 8.69 Å². The first-order chi connectivity index (χ1) is 5.29. The van der Waals surface area contributed by atoms with E-state index in [1.54, 1.807) is 0 Å². The van der Waals surface area contributed by atoms with Crippen LogP contribution in [0.2, 0.25) is 0 Å². The van der Waals surface area contributed by atoms with Crippen LogP contribution in [0, 0.1) is 0 Å². The predicted molar refractivity (Wildman–Crippen MR) is 46.0 cm³/mol. The van der Waals surface area contributed by atoms with Crippen molar-refractivity contribution in [2.24, 2.45) is 0 Å². The molecule has 1 aromatic rings. The number of carbonyl (C=O) groups is 1. The number of hydrogen-bond donors (Lipinski definition) is 0. The van der Waals surface area contributed by atoms with Gasteiger partial charge in [-0.05, 0) is 0 Å². The van der Waals surface area contributed by atoms with Gasteiger partial charge in [-0.2, -0.15) is 0 Å². The number of hydrogen-bond acceptors (Lipinski definition) is 2. The van der Waals surface area contributed by atoms with Crippen molar-refractivity contribution in [3.63, 3.8) is 0 Å². The molecule has 0 radical (unpaired) electrons. The van der Waals surface area contributed by atoms with E-state index >= 15 is 0 Å². The van der Waals surface area contributed by atoms with E-state index in [1.807, 2.05) is 30.3 Å². The zero-order valence-electron chi connectivity index (χ0n) is 6.91. The molecule has 0 fully saturated rings. The van der Waals surface area contributed by atoms with Gasteiger partial charge in [-0.15, -0.1) is 0 Å². The Bertz CT molecular complexity index is 235. The Labute approximate surface area is 88.5 Å². The number of benzene rings is 1.